The molecule has 1 aliphatic heterocycles. The molecule has 0 radical (unpaired) electrons. The first-order chi connectivity index (χ1) is 9.24. The number of fused-ring (bicyclic) bond motifs is 1. The van der Waals surface area contributed by atoms with Gasteiger partial charge in [0, 0.05) is 17.7 Å². The monoisotopic (exact) mass is 264 g/mol. The third-order valence-electron chi connectivity index (χ3n) is 3.08. The lowest BCUT2D eigenvalue weighted by Gasteiger charge is -2.17. The normalized spacial score (nSPS) is 15.4. The minimum atomic E-state index is -0.0560. The second kappa shape index (κ2) is 6.58. The summed E-state index contributed by atoms with van der Waals surface area (Å²) in [5.41, 5.74) is 8.23. The molecule has 1 aromatic rings. The van der Waals surface area contributed by atoms with Crippen molar-refractivity contribution in [2.45, 2.75) is 39.2 Å². The molecule has 2 rings (SSSR count). The van der Waals surface area contributed by atoms with Crippen molar-refractivity contribution in [1.29, 1.82) is 0 Å². The van der Waals surface area contributed by atoms with E-state index in [0.717, 1.165) is 42.7 Å². The Balaban J connectivity index is 2.32. The molecule has 0 aliphatic carbocycles. The summed E-state index contributed by atoms with van der Waals surface area (Å²) >= 11 is 0. The fourth-order valence-electron chi connectivity index (χ4n) is 2.03. The number of aliphatic hydroxyl groups excluding tert-OH is 1. The molecule has 0 aromatic carbocycles. The number of anilines is 1. The summed E-state index contributed by atoms with van der Waals surface area (Å²) in [4.78, 5) is 12.8. The molecular formula is C13H20N4O2. The number of hydrogen-bond donors (Lipinski definition) is 2. The van der Waals surface area contributed by atoms with Gasteiger partial charge >= 0.3 is 0 Å². The van der Waals surface area contributed by atoms with Crippen molar-refractivity contribution in [3.8, 4) is 0 Å². The van der Waals surface area contributed by atoms with Gasteiger partial charge in [-0.3, -0.25) is 0 Å². The molecule has 0 saturated heterocycles. The van der Waals surface area contributed by atoms with Gasteiger partial charge in [0.05, 0.1) is 25.5 Å². The fraction of sp³-hybridized carbons (Fsp3) is 0.615. The Morgan fingerprint density at radius 1 is 1.47 bits per heavy atom. The van der Waals surface area contributed by atoms with Crippen LogP contribution in [0.4, 0.5) is 11.8 Å². The number of unbranched alkanes of at least 4 members (excludes halogenated alkanes) is 1. The Bertz CT molecular complexity index is 474. The second-order valence-electron chi connectivity index (χ2n) is 4.57. The van der Waals surface area contributed by atoms with E-state index in [9.17, 15) is 5.11 Å². The smallest absolute Gasteiger partial charge is 0.222 e. The zero-order chi connectivity index (χ0) is 13.7. The maximum Gasteiger partial charge on any atom is 0.222 e. The molecule has 0 spiro atoms. The highest BCUT2D eigenvalue weighted by Crippen LogP contribution is 2.25. The summed E-state index contributed by atoms with van der Waals surface area (Å²) in [6, 6.07) is 0. The molecule has 0 unspecified atom stereocenters. The van der Waals surface area contributed by atoms with Gasteiger partial charge in [-0.25, -0.2) is 9.98 Å². The Kier molecular flexibility index (Phi) is 4.81. The maximum atomic E-state index is 9.35. The van der Waals surface area contributed by atoms with E-state index in [0.29, 0.717) is 19.0 Å². The van der Waals surface area contributed by atoms with Gasteiger partial charge in [-0.15, -0.1) is 0 Å². The van der Waals surface area contributed by atoms with E-state index in [1.54, 1.807) is 0 Å². The van der Waals surface area contributed by atoms with E-state index in [-0.39, 0.29) is 12.6 Å². The summed E-state index contributed by atoms with van der Waals surface area (Å²) in [6.07, 6.45) is 3.56. The predicted octanol–water partition coefficient (Wildman–Crippen LogP) is 1.39. The average molecular weight is 264 g/mol. The summed E-state index contributed by atoms with van der Waals surface area (Å²) in [7, 11) is 0. The van der Waals surface area contributed by atoms with Crippen LogP contribution >= 0.6 is 0 Å². The van der Waals surface area contributed by atoms with Crippen molar-refractivity contribution in [3.63, 3.8) is 0 Å². The molecule has 1 aliphatic rings. The van der Waals surface area contributed by atoms with Crippen molar-refractivity contribution in [2.75, 3.05) is 18.9 Å². The van der Waals surface area contributed by atoms with Crippen molar-refractivity contribution in [2.24, 2.45) is 4.99 Å². The zero-order valence-corrected chi connectivity index (χ0v) is 11.2. The van der Waals surface area contributed by atoms with Gasteiger partial charge in [0.1, 0.15) is 0 Å². The number of hydrogen-bond acceptors (Lipinski definition) is 6. The lowest BCUT2D eigenvalue weighted by molar-refractivity contribution is 0.109. The second-order valence-corrected chi connectivity index (χ2v) is 4.57. The lowest BCUT2D eigenvalue weighted by Crippen LogP contribution is -2.15. The van der Waals surface area contributed by atoms with Gasteiger partial charge in [-0.05, 0) is 12.8 Å². The topological polar surface area (TPSA) is 93.6 Å². The van der Waals surface area contributed by atoms with Gasteiger partial charge in [-0.2, -0.15) is 4.98 Å². The van der Waals surface area contributed by atoms with Crippen LogP contribution in [-0.2, 0) is 17.8 Å². The summed E-state index contributed by atoms with van der Waals surface area (Å²) in [5, 5.41) is 9.35. The first-order valence-electron chi connectivity index (χ1n) is 6.65. The number of aliphatic imine (C=N–C) groups is 1. The van der Waals surface area contributed by atoms with Crippen LogP contribution in [0.2, 0.25) is 0 Å². The van der Waals surface area contributed by atoms with Gasteiger partial charge in [0.2, 0.25) is 5.95 Å². The molecule has 19 heavy (non-hydrogen) atoms. The van der Waals surface area contributed by atoms with E-state index >= 15 is 0 Å². The van der Waals surface area contributed by atoms with E-state index in [4.69, 9.17) is 10.5 Å². The number of nitrogens with zero attached hydrogens (tertiary/aromatic N) is 3. The van der Waals surface area contributed by atoms with Crippen molar-refractivity contribution < 1.29 is 9.84 Å². The van der Waals surface area contributed by atoms with Crippen LogP contribution in [0.25, 0.3) is 0 Å². The van der Waals surface area contributed by atoms with E-state index in [2.05, 4.69) is 21.9 Å². The van der Waals surface area contributed by atoms with Crippen LogP contribution < -0.4 is 5.73 Å². The Labute approximate surface area is 112 Å². The van der Waals surface area contributed by atoms with Crippen LogP contribution in [0.5, 0.6) is 0 Å². The molecule has 6 heteroatoms. The molecule has 1 aromatic heterocycles. The van der Waals surface area contributed by atoms with Crippen molar-refractivity contribution in [3.05, 3.63) is 11.3 Å². The van der Waals surface area contributed by atoms with Crippen LogP contribution in [0, 0.1) is 0 Å². The molecule has 6 nitrogen and oxygen atoms in total. The maximum absolute atomic E-state index is 9.35. The van der Waals surface area contributed by atoms with Crippen LogP contribution in [0.15, 0.2) is 4.99 Å². The molecule has 0 atom stereocenters. The van der Waals surface area contributed by atoms with Crippen LogP contribution in [0.1, 0.15) is 37.4 Å². The third kappa shape index (κ3) is 3.48. The SMILES string of the molecule is CCCC/C(CO)=N/c1nc(N)nc2c1COCC2. The van der Waals surface area contributed by atoms with Gasteiger partial charge in [0.15, 0.2) is 5.82 Å². The Morgan fingerprint density at radius 3 is 3.05 bits per heavy atom. The largest absolute Gasteiger partial charge is 0.390 e. The number of nitrogen functional groups attached to an aromatic ring is 1. The summed E-state index contributed by atoms with van der Waals surface area (Å²) in [5.74, 6) is 0.773. The molecule has 0 amide bonds. The molecule has 104 valence electrons. The standard InChI is InChI=1S/C13H20N4O2/c1-2-3-4-9(7-18)15-12-10-8-19-6-5-11(10)16-13(14)17-12/h18H,2-8H2,1H3,(H2,14,16,17)/b15-9-. The Hall–Kier alpha value is -1.53. The summed E-state index contributed by atoms with van der Waals surface area (Å²) in [6.45, 7) is 3.16. The van der Waals surface area contributed by atoms with Gasteiger partial charge in [-0.1, -0.05) is 13.3 Å². The molecule has 2 heterocycles. The quantitative estimate of drug-likeness (QED) is 0.784. The minimum Gasteiger partial charge on any atom is -0.390 e. The zero-order valence-electron chi connectivity index (χ0n) is 11.2. The van der Waals surface area contributed by atoms with Crippen molar-refractivity contribution >= 4 is 17.5 Å². The van der Waals surface area contributed by atoms with E-state index in [1.807, 2.05) is 0 Å². The molecular weight excluding hydrogens is 244 g/mol. The van der Waals surface area contributed by atoms with Crippen LogP contribution in [-0.4, -0.2) is 34.0 Å². The summed E-state index contributed by atoms with van der Waals surface area (Å²) < 4.78 is 5.42. The number of nitrogens with two attached hydrogens (primary N) is 1. The van der Waals surface area contributed by atoms with Crippen molar-refractivity contribution in [1.82, 2.24) is 9.97 Å². The highest BCUT2D eigenvalue weighted by atomic mass is 16.5. The number of aliphatic hydroxyl groups is 1. The highest BCUT2D eigenvalue weighted by molar-refractivity contribution is 5.87. The molecule has 3 N–H and O–H groups in total. The highest BCUT2D eigenvalue weighted by Gasteiger charge is 2.17. The predicted molar refractivity (Wildman–Crippen MR) is 73.5 cm³/mol. The first-order valence-corrected chi connectivity index (χ1v) is 6.65. The third-order valence-corrected chi connectivity index (χ3v) is 3.08. The molecule has 0 saturated carbocycles. The lowest BCUT2D eigenvalue weighted by atomic mass is 10.1. The minimum absolute atomic E-state index is 0.0560. The van der Waals surface area contributed by atoms with E-state index in [1.165, 1.54) is 0 Å². The number of rotatable bonds is 5. The number of ether oxygens (including phenoxy) is 1. The van der Waals surface area contributed by atoms with Gasteiger partial charge in [0.25, 0.3) is 0 Å². The number of aromatic nitrogens is 2. The average Bonchev–Trinajstić information content (AvgIpc) is 2.43. The van der Waals surface area contributed by atoms with E-state index < -0.39 is 0 Å². The first kappa shape index (κ1) is 13.9. The van der Waals surface area contributed by atoms with Crippen LogP contribution in [0.3, 0.4) is 0 Å². The Morgan fingerprint density at radius 2 is 2.32 bits per heavy atom. The molecule has 0 bridgehead atoms. The molecule has 0 fully saturated rings. The fourth-order valence-corrected chi connectivity index (χ4v) is 2.03. The van der Waals surface area contributed by atoms with Gasteiger partial charge < -0.3 is 15.6 Å².